The maximum Gasteiger partial charge on any atom is 0.0838 e. The van der Waals surface area contributed by atoms with Gasteiger partial charge in [0, 0.05) is 12.6 Å². The highest BCUT2D eigenvalue weighted by Gasteiger charge is 2.43. The summed E-state index contributed by atoms with van der Waals surface area (Å²) < 4.78 is 6.25. The summed E-state index contributed by atoms with van der Waals surface area (Å²) in [6.45, 7) is 8.96. The van der Waals surface area contributed by atoms with Gasteiger partial charge in [-0.15, -0.1) is 0 Å². The number of hydrogen-bond donors (Lipinski definition) is 1. The zero-order valence-corrected chi connectivity index (χ0v) is 11.1. The first kappa shape index (κ1) is 12.4. The lowest BCUT2D eigenvalue weighted by Crippen LogP contribution is -2.60. The van der Waals surface area contributed by atoms with Crippen LogP contribution in [0.3, 0.4) is 0 Å². The molecule has 2 fully saturated rings. The van der Waals surface area contributed by atoms with E-state index in [9.17, 15) is 0 Å². The Balaban J connectivity index is 2.12. The van der Waals surface area contributed by atoms with Gasteiger partial charge < -0.3 is 10.1 Å². The van der Waals surface area contributed by atoms with Crippen LogP contribution in [0.25, 0.3) is 0 Å². The summed E-state index contributed by atoms with van der Waals surface area (Å²) in [6.07, 6.45) is 6.57. The van der Waals surface area contributed by atoms with E-state index in [0.717, 1.165) is 19.1 Å². The summed E-state index contributed by atoms with van der Waals surface area (Å²) in [7, 11) is 0. The molecule has 0 aromatic carbocycles. The molecule has 3 atom stereocenters. The van der Waals surface area contributed by atoms with Crippen molar-refractivity contribution in [2.45, 2.75) is 64.5 Å². The Hall–Kier alpha value is -0.0800. The summed E-state index contributed by atoms with van der Waals surface area (Å²) in [4.78, 5) is 0. The quantitative estimate of drug-likeness (QED) is 0.741. The van der Waals surface area contributed by atoms with E-state index in [4.69, 9.17) is 4.74 Å². The Morgan fingerprint density at radius 1 is 1.25 bits per heavy atom. The molecule has 0 bridgehead atoms. The summed E-state index contributed by atoms with van der Waals surface area (Å²) in [5, 5.41) is 3.70. The molecule has 1 aliphatic heterocycles. The molecule has 1 saturated heterocycles. The molecule has 2 nitrogen and oxygen atoms in total. The van der Waals surface area contributed by atoms with Crippen LogP contribution in [-0.2, 0) is 4.74 Å². The molecule has 0 amide bonds. The van der Waals surface area contributed by atoms with Gasteiger partial charge in [-0.05, 0) is 31.1 Å². The minimum Gasteiger partial charge on any atom is -0.372 e. The lowest BCUT2D eigenvalue weighted by Gasteiger charge is -2.46. The van der Waals surface area contributed by atoms with Crippen molar-refractivity contribution in [3.63, 3.8) is 0 Å². The van der Waals surface area contributed by atoms with E-state index < -0.39 is 0 Å². The molecule has 0 radical (unpaired) electrons. The molecule has 1 spiro atoms. The molecule has 3 unspecified atom stereocenters. The van der Waals surface area contributed by atoms with Gasteiger partial charge in [-0.2, -0.15) is 0 Å². The molecule has 0 aromatic heterocycles. The normalized spacial score (nSPS) is 41.2. The maximum atomic E-state index is 6.25. The maximum absolute atomic E-state index is 6.25. The molecule has 1 N–H and O–H groups in total. The van der Waals surface area contributed by atoms with Crippen molar-refractivity contribution >= 4 is 0 Å². The van der Waals surface area contributed by atoms with Crippen molar-refractivity contribution < 1.29 is 4.74 Å². The van der Waals surface area contributed by atoms with Gasteiger partial charge in [0.2, 0.25) is 0 Å². The highest BCUT2D eigenvalue weighted by atomic mass is 16.5. The van der Waals surface area contributed by atoms with Gasteiger partial charge >= 0.3 is 0 Å². The van der Waals surface area contributed by atoms with Crippen LogP contribution in [0.4, 0.5) is 0 Å². The first-order valence-electron chi connectivity index (χ1n) is 7.01. The van der Waals surface area contributed by atoms with E-state index in [-0.39, 0.29) is 5.60 Å². The highest BCUT2D eigenvalue weighted by molar-refractivity contribution is 4.98. The molecule has 2 rings (SSSR count). The van der Waals surface area contributed by atoms with Gasteiger partial charge in [0.05, 0.1) is 12.2 Å². The molecular formula is C14H27NO. The Bertz CT molecular complexity index is 229. The van der Waals surface area contributed by atoms with Crippen LogP contribution in [0.15, 0.2) is 0 Å². The molecule has 0 aromatic rings. The predicted molar refractivity (Wildman–Crippen MR) is 67.6 cm³/mol. The summed E-state index contributed by atoms with van der Waals surface area (Å²) in [5.41, 5.74) is 0.150. The molecule has 16 heavy (non-hydrogen) atoms. The lowest BCUT2D eigenvalue weighted by molar-refractivity contribution is -0.116. The molecule has 1 heterocycles. The first-order chi connectivity index (χ1) is 7.64. The molecule has 1 saturated carbocycles. The van der Waals surface area contributed by atoms with Crippen LogP contribution in [0.2, 0.25) is 0 Å². The van der Waals surface area contributed by atoms with Gasteiger partial charge in [-0.3, -0.25) is 0 Å². The van der Waals surface area contributed by atoms with Crippen molar-refractivity contribution in [1.29, 1.82) is 0 Å². The van der Waals surface area contributed by atoms with Crippen LogP contribution in [0.1, 0.15) is 52.9 Å². The fraction of sp³-hybridized carbons (Fsp3) is 1.00. The van der Waals surface area contributed by atoms with Crippen LogP contribution >= 0.6 is 0 Å². The molecule has 2 heteroatoms. The van der Waals surface area contributed by atoms with E-state index in [1.807, 2.05) is 0 Å². The predicted octanol–water partition coefficient (Wildman–Crippen LogP) is 2.97. The first-order valence-corrected chi connectivity index (χ1v) is 7.01. The number of rotatable bonds is 1. The Kier molecular flexibility index (Phi) is 3.91. The summed E-state index contributed by atoms with van der Waals surface area (Å²) >= 11 is 0. The zero-order valence-electron chi connectivity index (χ0n) is 11.1. The van der Waals surface area contributed by atoms with Crippen molar-refractivity contribution in [1.82, 2.24) is 5.32 Å². The van der Waals surface area contributed by atoms with E-state index in [2.05, 4.69) is 26.1 Å². The average molecular weight is 225 g/mol. The monoisotopic (exact) mass is 225 g/mol. The van der Waals surface area contributed by atoms with Gasteiger partial charge in [0.25, 0.3) is 0 Å². The lowest BCUT2D eigenvalue weighted by atomic mass is 9.79. The number of nitrogens with one attached hydrogen (secondary N) is 1. The summed E-state index contributed by atoms with van der Waals surface area (Å²) in [6, 6.07) is 0.562. The Morgan fingerprint density at radius 2 is 2.06 bits per heavy atom. The zero-order chi connectivity index (χ0) is 11.6. The highest BCUT2D eigenvalue weighted by Crippen LogP contribution is 2.38. The van der Waals surface area contributed by atoms with Crippen LogP contribution in [0, 0.1) is 11.8 Å². The second kappa shape index (κ2) is 5.05. The minimum atomic E-state index is 0.150. The topological polar surface area (TPSA) is 21.3 Å². The molecule has 94 valence electrons. The third kappa shape index (κ3) is 2.43. The van der Waals surface area contributed by atoms with Gasteiger partial charge in [-0.25, -0.2) is 0 Å². The van der Waals surface area contributed by atoms with Crippen molar-refractivity contribution in [2.24, 2.45) is 11.8 Å². The van der Waals surface area contributed by atoms with E-state index >= 15 is 0 Å². The second-order valence-electron chi connectivity index (χ2n) is 6.13. The van der Waals surface area contributed by atoms with E-state index in [1.54, 1.807) is 0 Å². The fourth-order valence-corrected chi connectivity index (χ4v) is 3.55. The third-order valence-corrected chi connectivity index (χ3v) is 4.45. The van der Waals surface area contributed by atoms with E-state index in [0.29, 0.717) is 12.0 Å². The van der Waals surface area contributed by atoms with Crippen LogP contribution in [-0.4, -0.2) is 24.8 Å². The molecule has 1 aliphatic carbocycles. The molecule has 2 aliphatic rings. The van der Waals surface area contributed by atoms with Crippen molar-refractivity contribution in [3.8, 4) is 0 Å². The largest absolute Gasteiger partial charge is 0.372 e. The summed E-state index contributed by atoms with van der Waals surface area (Å²) in [5.74, 6) is 1.56. The smallest absolute Gasteiger partial charge is 0.0838 e. The third-order valence-electron chi connectivity index (χ3n) is 4.45. The van der Waals surface area contributed by atoms with Gasteiger partial charge in [0.15, 0.2) is 0 Å². The number of hydrogen-bond acceptors (Lipinski definition) is 2. The van der Waals surface area contributed by atoms with Crippen molar-refractivity contribution in [3.05, 3.63) is 0 Å². The minimum absolute atomic E-state index is 0.150. The number of ether oxygens (including phenoxy) is 1. The number of morpholine rings is 1. The van der Waals surface area contributed by atoms with E-state index in [1.165, 1.54) is 32.1 Å². The van der Waals surface area contributed by atoms with Gasteiger partial charge in [-0.1, -0.05) is 33.6 Å². The van der Waals surface area contributed by atoms with Crippen LogP contribution in [0.5, 0.6) is 0 Å². The van der Waals surface area contributed by atoms with Crippen molar-refractivity contribution in [2.75, 3.05) is 13.2 Å². The molecular weight excluding hydrogens is 198 g/mol. The van der Waals surface area contributed by atoms with Gasteiger partial charge in [0.1, 0.15) is 0 Å². The fourth-order valence-electron chi connectivity index (χ4n) is 3.55. The SMILES string of the molecule is CC1CCCC2(CC1)OCCNC2C(C)C. The average Bonchev–Trinajstić information content (AvgIpc) is 2.43. The second-order valence-corrected chi connectivity index (χ2v) is 6.13. The Labute approximate surface area is 100 Å². The Morgan fingerprint density at radius 3 is 2.81 bits per heavy atom. The van der Waals surface area contributed by atoms with Crippen LogP contribution < -0.4 is 5.32 Å². The standard InChI is InChI=1S/C14H27NO/c1-11(2)13-14(16-10-9-15-13)7-4-5-12(3)6-8-14/h11-13,15H,4-10H2,1-3H3.